The summed E-state index contributed by atoms with van der Waals surface area (Å²) >= 11 is 6.23. The van der Waals surface area contributed by atoms with Gasteiger partial charge < -0.3 is 29.7 Å². The summed E-state index contributed by atoms with van der Waals surface area (Å²) in [5, 5.41) is 12.6. The number of sulfonamides is 1. The van der Waals surface area contributed by atoms with E-state index in [4.69, 9.17) is 16.3 Å². The zero-order chi connectivity index (χ0) is 36.3. The molecule has 3 fully saturated rings. The maximum absolute atomic E-state index is 15.8. The van der Waals surface area contributed by atoms with Crippen LogP contribution in [0.1, 0.15) is 30.4 Å². The molecular weight excluding hydrogens is 705 g/mol. The number of benzene rings is 2. The third kappa shape index (κ3) is 8.46. The second-order valence-corrected chi connectivity index (χ2v) is 15.4. The molecule has 0 spiro atoms. The molecule has 2 N–H and O–H groups in total. The summed E-state index contributed by atoms with van der Waals surface area (Å²) in [6.07, 6.45) is 0.293. The first-order valence-corrected chi connectivity index (χ1v) is 18.7. The summed E-state index contributed by atoms with van der Waals surface area (Å²) in [5.74, 6) is -4.19. The number of piperazine rings is 1. The number of halogens is 3. The molecule has 3 aliphatic heterocycles. The Labute approximate surface area is 301 Å². The van der Waals surface area contributed by atoms with Crippen LogP contribution in [0, 0.1) is 5.92 Å². The summed E-state index contributed by atoms with van der Waals surface area (Å²) in [5.41, 5.74) is 1.08. The van der Waals surface area contributed by atoms with Crippen LogP contribution in [0.5, 0.6) is 0 Å². The number of aromatic nitrogens is 1. The van der Waals surface area contributed by atoms with Crippen molar-refractivity contribution in [1.29, 1.82) is 0 Å². The molecule has 4 heterocycles. The predicted octanol–water partition coefficient (Wildman–Crippen LogP) is 4.19. The molecule has 2 atom stereocenters. The quantitative estimate of drug-likeness (QED) is 0.232. The summed E-state index contributed by atoms with van der Waals surface area (Å²) in [6, 6.07) is 17.2. The highest BCUT2D eigenvalue weighted by atomic mass is 35.5. The fourth-order valence-corrected chi connectivity index (χ4v) is 8.43. The summed E-state index contributed by atoms with van der Waals surface area (Å²) in [4.78, 5) is 34.3. The van der Waals surface area contributed by atoms with Gasteiger partial charge in [0.05, 0.1) is 10.9 Å². The number of nitrogens with one attached hydrogen (secondary N) is 1. The minimum absolute atomic E-state index is 0.0482. The van der Waals surface area contributed by atoms with Crippen molar-refractivity contribution in [2.45, 2.75) is 49.6 Å². The third-order valence-electron chi connectivity index (χ3n) is 9.67. The number of ether oxygens (including phenoxy) is 1. The van der Waals surface area contributed by atoms with E-state index in [9.17, 15) is 23.0 Å². The molecule has 2 aromatic carbocycles. The van der Waals surface area contributed by atoms with Crippen molar-refractivity contribution < 1.29 is 36.5 Å². The number of pyridine rings is 1. The molecule has 0 radical (unpaired) electrons. The van der Waals surface area contributed by atoms with Crippen LogP contribution in [0.4, 0.5) is 25.1 Å². The lowest BCUT2D eigenvalue weighted by Crippen LogP contribution is -2.49. The third-order valence-corrected chi connectivity index (χ3v) is 11.8. The van der Waals surface area contributed by atoms with E-state index >= 15 is 8.78 Å². The Kier molecular flexibility index (Phi) is 11.2. The Morgan fingerprint density at radius 2 is 1.76 bits per heavy atom. The minimum Gasteiger partial charge on any atom is -0.445 e. The Hall–Kier alpha value is -3.83. The minimum atomic E-state index is -3.91. The summed E-state index contributed by atoms with van der Waals surface area (Å²) < 4.78 is 65.2. The van der Waals surface area contributed by atoms with Crippen molar-refractivity contribution in [3.8, 4) is 0 Å². The van der Waals surface area contributed by atoms with Gasteiger partial charge in [-0.1, -0.05) is 41.9 Å². The van der Waals surface area contributed by atoms with Gasteiger partial charge in [0.25, 0.3) is 5.92 Å². The Bertz CT molecular complexity index is 1820. The highest BCUT2D eigenvalue weighted by molar-refractivity contribution is 7.89. The SMILES string of the molecule is CB(O)N1CCC[C@@H](C(F)(F)c2cc(Cl)nc(N3CCN(S(=O)(=O)c4ccc(N5C[C@H](NC(=O)OCc6ccccc6)CC5=O)cc4)CC3)c2)C1. The highest BCUT2D eigenvalue weighted by Crippen LogP contribution is 2.42. The standard InChI is InChI=1S/C34H40BClF2N6O6S/c1-35(47)42-13-5-8-25(21-42)34(37,38)26-18-30(36)40-31(19-26)41-14-16-43(17-15-41)51(48,49)29-11-9-28(10-12-29)44-22-27(20-32(44)45)39-33(46)50-23-24-6-3-2-4-7-24/h2-4,6-7,9-12,18-19,25,27,47H,5,8,13-17,20-23H2,1H3,(H,39,46)/t25-,27-/m1/s1. The number of carbonyl (C=O) groups is 2. The Balaban J connectivity index is 1.04. The van der Waals surface area contributed by atoms with Crippen molar-refractivity contribution in [1.82, 2.24) is 19.4 Å². The molecule has 3 saturated heterocycles. The number of hydrogen-bond donors (Lipinski definition) is 2. The van der Waals surface area contributed by atoms with E-state index < -0.39 is 41.0 Å². The van der Waals surface area contributed by atoms with Crippen molar-refractivity contribution >= 4 is 52.2 Å². The number of rotatable bonds is 10. The fourth-order valence-electron chi connectivity index (χ4n) is 6.80. The molecule has 2 amide bonds. The van der Waals surface area contributed by atoms with Gasteiger partial charge in [-0.05, 0) is 74.7 Å². The number of hydrogen-bond acceptors (Lipinski definition) is 9. The van der Waals surface area contributed by atoms with Crippen LogP contribution in [0.2, 0.25) is 12.0 Å². The first-order valence-electron chi connectivity index (χ1n) is 16.9. The molecule has 0 bridgehead atoms. The second kappa shape index (κ2) is 15.4. The largest absolute Gasteiger partial charge is 0.445 e. The van der Waals surface area contributed by atoms with Crippen molar-refractivity contribution in [2.24, 2.45) is 5.92 Å². The van der Waals surface area contributed by atoms with Gasteiger partial charge in [-0.15, -0.1) is 0 Å². The first-order chi connectivity index (χ1) is 24.3. The molecule has 3 aliphatic rings. The number of alkyl halides is 2. The van der Waals surface area contributed by atoms with E-state index in [1.54, 1.807) is 28.7 Å². The number of alkyl carbamates (subject to hydrolysis) is 1. The van der Waals surface area contributed by atoms with E-state index in [0.717, 1.165) is 5.56 Å². The second-order valence-electron chi connectivity index (χ2n) is 13.1. The van der Waals surface area contributed by atoms with Crippen LogP contribution in [-0.4, -0.2) is 98.4 Å². The molecule has 0 saturated carbocycles. The maximum Gasteiger partial charge on any atom is 0.407 e. The predicted molar refractivity (Wildman–Crippen MR) is 189 cm³/mol. The number of carbonyl (C=O) groups excluding carboxylic acids is 2. The topological polar surface area (TPSA) is 136 Å². The molecule has 1 aromatic heterocycles. The average molecular weight is 745 g/mol. The number of anilines is 2. The van der Waals surface area contributed by atoms with Crippen molar-refractivity contribution in [2.75, 3.05) is 55.6 Å². The smallest absolute Gasteiger partial charge is 0.407 e. The Morgan fingerprint density at radius 1 is 1.06 bits per heavy atom. The van der Waals surface area contributed by atoms with Crippen LogP contribution in [-0.2, 0) is 32.1 Å². The van der Waals surface area contributed by atoms with Gasteiger partial charge in [-0.3, -0.25) is 4.79 Å². The molecule has 6 rings (SSSR count). The molecular formula is C34H40BClF2N6O6S. The lowest BCUT2D eigenvalue weighted by molar-refractivity contribution is -0.117. The van der Waals surface area contributed by atoms with E-state index in [1.165, 1.54) is 33.5 Å². The van der Waals surface area contributed by atoms with E-state index in [2.05, 4.69) is 10.3 Å². The van der Waals surface area contributed by atoms with Crippen LogP contribution in [0.25, 0.3) is 0 Å². The monoisotopic (exact) mass is 744 g/mol. The fraction of sp³-hybridized carbons (Fsp3) is 0.441. The molecule has 272 valence electrons. The molecule has 51 heavy (non-hydrogen) atoms. The van der Waals surface area contributed by atoms with Crippen LogP contribution in [0.15, 0.2) is 71.6 Å². The zero-order valence-corrected chi connectivity index (χ0v) is 29.7. The van der Waals surface area contributed by atoms with E-state index in [1.807, 2.05) is 30.3 Å². The molecule has 17 heteroatoms. The average Bonchev–Trinajstić information content (AvgIpc) is 3.50. The first kappa shape index (κ1) is 36.9. The van der Waals surface area contributed by atoms with Crippen LogP contribution in [0.3, 0.4) is 0 Å². The molecule has 3 aromatic rings. The van der Waals surface area contributed by atoms with Gasteiger partial charge in [-0.25, -0.2) is 27.0 Å². The summed E-state index contributed by atoms with van der Waals surface area (Å²) in [6.45, 7) is 3.08. The maximum atomic E-state index is 15.8. The molecule has 12 nitrogen and oxygen atoms in total. The van der Waals surface area contributed by atoms with Crippen molar-refractivity contribution in [3.63, 3.8) is 0 Å². The van der Waals surface area contributed by atoms with Crippen LogP contribution < -0.4 is 15.1 Å². The molecule has 0 aliphatic carbocycles. The van der Waals surface area contributed by atoms with Gasteiger partial charge in [0.2, 0.25) is 15.9 Å². The van der Waals surface area contributed by atoms with Gasteiger partial charge in [0.1, 0.15) is 17.6 Å². The van der Waals surface area contributed by atoms with Gasteiger partial charge in [-0.2, -0.15) is 4.31 Å². The van der Waals surface area contributed by atoms with Gasteiger partial charge in [0.15, 0.2) is 0 Å². The number of piperidine rings is 1. The lowest BCUT2D eigenvalue weighted by atomic mass is 9.78. The molecule has 0 unspecified atom stereocenters. The highest BCUT2D eigenvalue weighted by Gasteiger charge is 2.45. The van der Waals surface area contributed by atoms with Gasteiger partial charge in [0, 0.05) is 56.3 Å². The number of nitrogens with zero attached hydrogens (tertiary/aromatic N) is 5. The lowest BCUT2D eigenvalue weighted by Gasteiger charge is -2.38. The van der Waals surface area contributed by atoms with Gasteiger partial charge >= 0.3 is 13.1 Å². The van der Waals surface area contributed by atoms with Crippen molar-refractivity contribution in [3.05, 3.63) is 83.0 Å². The normalized spacial score (nSPS) is 20.8. The van der Waals surface area contributed by atoms with E-state index in [0.29, 0.717) is 25.1 Å². The summed E-state index contributed by atoms with van der Waals surface area (Å²) in [7, 11) is -4.73. The zero-order valence-electron chi connectivity index (χ0n) is 28.1. The Morgan fingerprint density at radius 3 is 2.45 bits per heavy atom. The van der Waals surface area contributed by atoms with Crippen LogP contribution >= 0.6 is 11.6 Å². The van der Waals surface area contributed by atoms with E-state index in [-0.39, 0.29) is 79.6 Å². The number of amides is 2.